The van der Waals surface area contributed by atoms with Crippen LogP contribution in [-0.2, 0) is 27.2 Å². The van der Waals surface area contributed by atoms with Crippen LogP contribution < -0.4 is 26.0 Å². The summed E-state index contributed by atoms with van der Waals surface area (Å²) in [6.45, 7) is 8.50. The molecule has 40 heavy (non-hydrogen) atoms. The summed E-state index contributed by atoms with van der Waals surface area (Å²) in [6.07, 6.45) is 2.78. The van der Waals surface area contributed by atoms with E-state index in [1.165, 1.54) is 0 Å². The highest BCUT2D eigenvalue weighted by molar-refractivity contribution is 5.93. The summed E-state index contributed by atoms with van der Waals surface area (Å²) in [7, 11) is 0. The highest BCUT2D eigenvalue weighted by Gasteiger charge is 2.31. The number of carbonyl (C=O) groups is 3. The fourth-order valence-corrected chi connectivity index (χ4v) is 4.74. The van der Waals surface area contributed by atoms with Crippen LogP contribution in [-0.4, -0.2) is 60.1 Å². The summed E-state index contributed by atoms with van der Waals surface area (Å²) in [4.78, 5) is 39.9. The number of rotatable bonds is 5. The fourth-order valence-electron chi connectivity index (χ4n) is 4.74. The number of hydrogen-bond donors (Lipinski definition) is 5. The van der Waals surface area contributed by atoms with Crippen LogP contribution in [0.1, 0.15) is 58.1 Å². The lowest BCUT2D eigenvalue weighted by Gasteiger charge is -2.28. The number of aryl methyl sites for hydroxylation is 1. The van der Waals surface area contributed by atoms with Gasteiger partial charge in [0, 0.05) is 13.1 Å². The molecule has 218 valence electrons. The molecule has 0 spiro atoms. The maximum Gasteiger partial charge on any atom is 0.243 e. The molecule has 0 fully saturated rings. The summed E-state index contributed by atoms with van der Waals surface area (Å²) < 4.78 is 6.26. The first kappa shape index (κ1) is 30.9. The zero-order valence-corrected chi connectivity index (χ0v) is 24.0. The van der Waals surface area contributed by atoms with Gasteiger partial charge in [-0.2, -0.15) is 0 Å². The molecule has 1 heterocycles. The highest BCUT2D eigenvalue weighted by Crippen LogP contribution is 2.21. The summed E-state index contributed by atoms with van der Waals surface area (Å²) in [5.74, 6) is -0.212. The average Bonchev–Trinajstić information content (AvgIpc) is 2.92. The summed E-state index contributed by atoms with van der Waals surface area (Å²) in [5.41, 5.74) is 1.90. The number of carbonyl (C=O) groups excluding carboxylic acids is 3. The van der Waals surface area contributed by atoms with Crippen molar-refractivity contribution in [3.05, 3.63) is 59.7 Å². The smallest absolute Gasteiger partial charge is 0.243 e. The first-order valence-corrected chi connectivity index (χ1v) is 14.3. The lowest BCUT2D eigenvalue weighted by atomic mass is 10.00. The monoisotopic (exact) mass is 552 g/mol. The van der Waals surface area contributed by atoms with Gasteiger partial charge in [0.1, 0.15) is 29.7 Å². The number of phenols is 1. The standard InChI is InChI=1S/C31H44N4O5/c1-5-9-25-29(37)32-17-8-11-23-10-6-7-12-27(23)40-21(4)19-33-26(18-22-13-15-24(36)16-14-22)30(38)35-28(20(2)3)31(39)34-25/h6-7,10,12-16,20-21,25-26,28,33,36H,5,8-9,11,17-19H2,1-4H3,(H,32,37)(H,34,39)(H,35,38)/t21-,25+,26-,28-/m1/s1. The van der Waals surface area contributed by atoms with E-state index in [9.17, 15) is 19.5 Å². The van der Waals surface area contributed by atoms with E-state index in [0.29, 0.717) is 25.9 Å². The largest absolute Gasteiger partial charge is 0.508 e. The third-order valence-corrected chi connectivity index (χ3v) is 7.02. The van der Waals surface area contributed by atoms with E-state index in [4.69, 9.17) is 4.74 Å². The quantitative estimate of drug-likeness (QED) is 0.388. The molecule has 3 rings (SSSR count). The van der Waals surface area contributed by atoms with Crippen LogP contribution in [0.3, 0.4) is 0 Å². The Hall–Kier alpha value is -3.59. The number of amides is 3. The number of para-hydroxylation sites is 1. The number of ether oxygens (including phenoxy) is 1. The minimum absolute atomic E-state index is 0.147. The summed E-state index contributed by atoms with van der Waals surface area (Å²) >= 11 is 0. The first-order chi connectivity index (χ1) is 19.2. The third-order valence-electron chi connectivity index (χ3n) is 7.02. The van der Waals surface area contributed by atoms with Crippen molar-refractivity contribution in [2.75, 3.05) is 13.1 Å². The van der Waals surface area contributed by atoms with Crippen LogP contribution in [0.5, 0.6) is 11.5 Å². The zero-order chi connectivity index (χ0) is 29.1. The molecule has 1 aliphatic heterocycles. The Balaban J connectivity index is 1.89. The highest BCUT2D eigenvalue weighted by atomic mass is 16.5. The van der Waals surface area contributed by atoms with Crippen molar-refractivity contribution in [1.82, 2.24) is 21.3 Å². The van der Waals surface area contributed by atoms with E-state index in [1.54, 1.807) is 24.3 Å². The lowest BCUT2D eigenvalue weighted by molar-refractivity contribution is -0.133. The van der Waals surface area contributed by atoms with Gasteiger partial charge in [0.25, 0.3) is 0 Å². The molecule has 0 saturated heterocycles. The molecular formula is C31H44N4O5. The lowest BCUT2D eigenvalue weighted by Crippen LogP contribution is -2.58. The van der Waals surface area contributed by atoms with Crippen molar-refractivity contribution in [2.45, 2.75) is 84.0 Å². The van der Waals surface area contributed by atoms with E-state index >= 15 is 0 Å². The number of benzene rings is 2. The van der Waals surface area contributed by atoms with Gasteiger partial charge in [0.05, 0.1) is 6.04 Å². The number of nitrogens with one attached hydrogen (secondary N) is 4. The third kappa shape index (κ3) is 9.26. The summed E-state index contributed by atoms with van der Waals surface area (Å²) in [5, 5.41) is 21.8. The van der Waals surface area contributed by atoms with Gasteiger partial charge in [-0.3, -0.25) is 14.4 Å². The van der Waals surface area contributed by atoms with Crippen molar-refractivity contribution in [1.29, 1.82) is 0 Å². The molecule has 2 aromatic carbocycles. The molecule has 9 nitrogen and oxygen atoms in total. The van der Waals surface area contributed by atoms with Gasteiger partial charge in [0.15, 0.2) is 0 Å². The second kappa shape index (κ2) is 15.3. The van der Waals surface area contributed by atoms with E-state index < -0.39 is 18.1 Å². The molecule has 0 saturated carbocycles. The van der Waals surface area contributed by atoms with Gasteiger partial charge >= 0.3 is 0 Å². The van der Waals surface area contributed by atoms with Crippen molar-refractivity contribution < 1.29 is 24.2 Å². The molecule has 1 aliphatic rings. The number of fused-ring (bicyclic) bond motifs is 1. The molecule has 4 atom stereocenters. The Bertz CT molecular complexity index is 1120. The Morgan fingerprint density at radius 3 is 2.38 bits per heavy atom. The van der Waals surface area contributed by atoms with Gasteiger partial charge in [-0.25, -0.2) is 0 Å². The molecule has 0 aliphatic carbocycles. The summed E-state index contributed by atoms with van der Waals surface area (Å²) in [6, 6.07) is 12.4. The van der Waals surface area contributed by atoms with Crippen LogP contribution >= 0.6 is 0 Å². The maximum absolute atomic E-state index is 13.6. The van der Waals surface area contributed by atoms with Crippen molar-refractivity contribution in [2.24, 2.45) is 5.92 Å². The molecule has 0 radical (unpaired) electrons. The molecule has 9 heteroatoms. The zero-order valence-electron chi connectivity index (χ0n) is 24.0. The maximum atomic E-state index is 13.6. The Kier molecular flexibility index (Phi) is 11.8. The van der Waals surface area contributed by atoms with Gasteiger partial charge in [-0.1, -0.05) is 57.5 Å². The topological polar surface area (TPSA) is 129 Å². The Labute approximate surface area is 237 Å². The van der Waals surface area contributed by atoms with Crippen LogP contribution in [0.15, 0.2) is 48.5 Å². The molecule has 5 N–H and O–H groups in total. The van der Waals surface area contributed by atoms with Gasteiger partial charge < -0.3 is 31.1 Å². The van der Waals surface area contributed by atoms with E-state index in [1.807, 2.05) is 52.0 Å². The van der Waals surface area contributed by atoms with E-state index in [2.05, 4.69) is 21.3 Å². The number of aromatic hydroxyl groups is 1. The van der Waals surface area contributed by atoms with Crippen LogP contribution in [0, 0.1) is 5.92 Å². The number of phenolic OH excluding ortho intramolecular Hbond substituents is 1. The van der Waals surface area contributed by atoms with Gasteiger partial charge in [-0.05, 0) is 67.9 Å². The first-order valence-electron chi connectivity index (χ1n) is 14.3. The molecular weight excluding hydrogens is 508 g/mol. The van der Waals surface area contributed by atoms with Crippen molar-refractivity contribution in [3.63, 3.8) is 0 Å². The molecule has 3 amide bonds. The molecule has 0 unspecified atom stereocenters. The minimum atomic E-state index is -0.816. The Morgan fingerprint density at radius 1 is 0.950 bits per heavy atom. The van der Waals surface area contributed by atoms with E-state index in [-0.39, 0.29) is 35.5 Å². The number of hydrogen-bond acceptors (Lipinski definition) is 6. The predicted octanol–water partition coefficient (Wildman–Crippen LogP) is 2.85. The van der Waals surface area contributed by atoms with Crippen LogP contribution in [0.2, 0.25) is 0 Å². The van der Waals surface area contributed by atoms with Crippen LogP contribution in [0.4, 0.5) is 0 Å². The predicted molar refractivity (Wildman–Crippen MR) is 155 cm³/mol. The van der Waals surface area contributed by atoms with Gasteiger partial charge in [0.2, 0.25) is 17.7 Å². The normalized spacial score (nSPS) is 23.6. The van der Waals surface area contributed by atoms with Crippen molar-refractivity contribution in [3.8, 4) is 11.5 Å². The average molecular weight is 553 g/mol. The Morgan fingerprint density at radius 2 is 1.68 bits per heavy atom. The molecule has 0 bridgehead atoms. The molecule has 0 aromatic heterocycles. The van der Waals surface area contributed by atoms with Gasteiger partial charge in [-0.15, -0.1) is 0 Å². The van der Waals surface area contributed by atoms with Crippen molar-refractivity contribution >= 4 is 17.7 Å². The minimum Gasteiger partial charge on any atom is -0.508 e. The van der Waals surface area contributed by atoms with E-state index in [0.717, 1.165) is 36.1 Å². The SMILES string of the molecule is CCC[C@@H]1NC(=O)[C@@H](C(C)C)NC(=O)[C@@H](Cc2ccc(O)cc2)NC[C@@H](C)Oc2ccccc2CCCNC1=O. The fraction of sp³-hybridized carbons (Fsp3) is 0.516. The second-order valence-corrected chi connectivity index (χ2v) is 10.8. The molecule has 2 aromatic rings. The second-order valence-electron chi connectivity index (χ2n) is 10.8. The van der Waals surface area contributed by atoms with Crippen LogP contribution in [0.25, 0.3) is 0 Å².